The maximum Gasteiger partial charge on any atom is 0.213 e. The second-order valence-corrected chi connectivity index (χ2v) is 9.48. The molecule has 5 nitrogen and oxygen atoms in total. The van der Waals surface area contributed by atoms with Gasteiger partial charge in [-0.15, -0.1) is 0 Å². The Bertz CT molecular complexity index is 824. The lowest BCUT2D eigenvalue weighted by Gasteiger charge is -2.27. The molecule has 3 heterocycles. The number of hydrogen-bond donors (Lipinski definition) is 1. The molecule has 31 heavy (non-hydrogen) atoms. The smallest absolute Gasteiger partial charge is 0.213 e. The number of likely N-dealkylation sites (tertiary alicyclic amines) is 1. The molecule has 4 atom stereocenters. The van der Waals surface area contributed by atoms with Gasteiger partial charge in [-0.25, -0.2) is 4.98 Å². The second kappa shape index (κ2) is 10.1. The number of nitrogens with zero attached hydrogens (tertiary/aromatic N) is 2. The van der Waals surface area contributed by atoms with Gasteiger partial charge >= 0.3 is 0 Å². The summed E-state index contributed by atoms with van der Waals surface area (Å²) < 4.78 is 11.4. The average molecular weight is 422 g/mol. The average Bonchev–Trinajstić information content (AvgIpc) is 3.40. The molecular weight excluding hydrogens is 386 g/mol. The van der Waals surface area contributed by atoms with Crippen LogP contribution in [0.5, 0.6) is 5.88 Å². The predicted octanol–water partition coefficient (Wildman–Crippen LogP) is 4.03. The van der Waals surface area contributed by atoms with E-state index in [2.05, 4.69) is 57.7 Å². The molecular formula is C26H35N3O2. The first-order chi connectivity index (χ1) is 15.3. The highest BCUT2D eigenvalue weighted by Crippen LogP contribution is 2.36. The Morgan fingerprint density at radius 3 is 2.81 bits per heavy atom. The van der Waals surface area contributed by atoms with Gasteiger partial charge in [-0.1, -0.05) is 43.2 Å². The number of hydrogen-bond acceptors (Lipinski definition) is 5. The minimum atomic E-state index is 0.146. The van der Waals surface area contributed by atoms with E-state index in [4.69, 9.17) is 9.47 Å². The van der Waals surface area contributed by atoms with Crippen molar-refractivity contribution in [3.8, 4) is 5.88 Å². The molecule has 1 saturated carbocycles. The Hall–Kier alpha value is -1.95. The summed E-state index contributed by atoms with van der Waals surface area (Å²) in [5.74, 6) is 2.30. The largest absolute Gasteiger partial charge is 0.472 e. The van der Waals surface area contributed by atoms with E-state index in [9.17, 15) is 0 Å². The third-order valence-electron chi connectivity index (χ3n) is 7.22. The van der Waals surface area contributed by atoms with Gasteiger partial charge in [0.1, 0.15) is 6.10 Å². The van der Waals surface area contributed by atoms with Crippen molar-refractivity contribution < 1.29 is 9.47 Å². The summed E-state index contributed by atoms with van der Waals surface area (Å²) in [6.45, 7) is 5.88. The Morgan fingerprint density at radius 2 is 1.94 bits per heavy atom. The van der Waals surface area contributed by atoms with Gasteiger partial charge in [-0.2, -0.15) is 0 Å². The molecule has 2 saturated heterocycles. The van der Waals surface area contributed by atoms with Crippen LogP contribution < -0.4 is 10.1 Å². The monoisotopic (exact) mass is 421 g/mol. The Kier molecular flexibility index (Phi) is 6.83. The van der Waals surface area contributed by atoms with E-state index in [0.717, 1.165) is 43.8 Å². The van der Waals surface area contributed by atoms with Crippen LogP contribution in [0.2, 0.25) is 0 Å². The zero-order valence-electron chi connectivity index (χ0n) is 18.4. The first kappa shape index (κ1) is 20.9. The quantitative estimate of drug-likeness (QED) is 0.731. The van der Waals surface area contributed by atoms with E-state index in [-0.39, 0.29) is 6.10 Å². The molecule has 0 unspecified atom stereocenters. The Balaban J connectivity index is 1.18. The molecule has 0 spiro atoms. The van der Waals surface area contributed by atoms with E-state index < -0.39 is 0 Å². The first-order valence-corrected chi connectivity index (χ1v) is 12.0. The summed E-state index contributed by atoms with van der Waals surface area (Å²) in [4.78, 5) is 7.08. The number of ether oxygens (including phenoxy) is 2. The SMILES string of the molecule is c1ccc(CN2C[C@@H]3CCCC[C@H](NCc4ccnc(O[C@H]5CCOC5)c4)[C@@H]3C2)cc1. The topological polar surface area (TPSA) is 46.6 Å². The van der Waals surface area contributed by atoms with Gasteiger partial charge in [0.15, 0.2) is 0 Å². The van der Waals surface area contributed by atoms with Gasteiger partial charge < -0.3 is 14.8 Å². The van der Waals surface area contributed by atoms with Crippen LogP contribution in [-0.2, 0) is 17.8 Å². The zero-order valence-corrected chi connectivity index (χ0v) is 18.4. The van der Waals surface area contributed by atoms with E-state index in [0.29, 0.717) is 12.6 Å². The molecule has 1 N–H and O–H groups in total. The van der Waals surface area contributed by atoms with Crippen LogP contribution in [0.15, 0.2) is 48.7 Å². The van der Waals surface area contributed by atoms with Gasteiger partial charge in [0.05, 0.1) is 13.2 Å². The van der Waals surface area contributed by atoms with Crippen molar-refractivity contribution in [2.24, 2.45) is 11.8 Å². The van der Waals surface area contributed by atoms with E-state index in [1.807, 2.05) is 6.20 Å². The van der Waals surface area contributed by atoms with Crippen LogP contribution in [0.3, 0.4) is 0 Å². The fraction of sp³-hybridized carbons (Fsp3) is 0.577. The maximum absolute atomic E-state index is 6.00. The summed E-state index contributed by atoms with van der Waals surface area (Å²) in [5.41, 5.74) is 2.68. The van der Waals surface area contributed by atoms with E-state index in [1.54, 1.807) is 0 Å². The van der Waals surface area contributed by atoms with Crippen molar-refractivity contribution in [1.29, 1.82) is 0 Å². The van der Waals surface area contributed by atoms with Crippen molar-refractivity contribution >= 4 is 0 Å². The summed E-state index contributed by atoms with van der Waals surface area (Å²) >= 11 is 0. The fourth-order valence-electron chi connectivity index (χ4n) is 5.61. The van der Waals surface area contributed by atoms with Crippen molar-refractivity contribution in [2.75, 3.05) is 26.3 Å². The highest BCUT2D eigenvalue weighted by molar-refractivity contribution is 5.21. The van der Waals surface area contributed by atoms with Crippen LogP contribution in [-0.4, -0.2) is 48.3 Å². The summed E-state index contributed by atoms with van der Waals surface area (Å²) in [5, 5.41) is 3.92. The van der Waals surface area contributed by atoms with Gasteiger partial charge in [0.25, 0.3) is 0 Å². The van der Waals surface area contributed by atoms with Crippen LogP contribution in [0.1, 0.15) is 43.2 Å². The molecule has 5 rings (SSSR count). The number of benzene rings is 1. The molecule has 166 valence electrons. The van der Waals surface area contributed by atoms with Crippen LogP contribution >= 0.6 is 0 Å². The first-order valence-electron chi connectivity index (χ1n) is 12.0. The predicted molar refractivity (Wildman–Crippen MR) is 122 cm³/mol. The van der Waals surface area contributed by atoms with Gasteiger partial charge in [-0.3, -0.25) is 4.90 Å². The van der Waals surface area contributed by atoms with Gasteiger partial charge in [0.2, 0.25) is 5.88 Å². The molecule has 1 aromatic carbocycles. The fourth-order valence-corrected chi connectivity index (χ4v) is 5.61. The van der Waals surface area contributed by atoms with E-state index in [1.165, 1.54) is 49.9 Å². The number of aromatic nitrogens is 1. The minimum Gasteiger partial charge on any atom is -0.472 e. The normalized spacial score (nSPS) is 28.9. The molecule has 3 fully saturated rings. The van der Waals surface area contributed by atoms with Crippen molar-refractivity contribution in [1.82, 2.24) is 15.2 Å². The lowest BCUT2D eigenvalue weighted by atomic mass is 9.88. The lowest BCUT2D eigenvalue weighted by Crippen LogP contribution is -2.38. The number of nitrogens with one attached hydrogen (secondary N) is 1. The number of pyridine rings is 1. The molecule has 0 amide bonds. The molecule has 2 aromatic rings. The molecule has 0 radical (unpaired) electrons. The summed E-state index contributed by atoms with van der Waals surface area (Å²) in [7, 11) is 0. The van der Waals surface area contributed by atoms with E-state index >= 15 is 0 Å². The molecule has 0 bridgehead atoms. The standard InChI is InChI=1S/C26H35N3O2/c1-2-6-20(7-3-1)16-29-17-22-8-4-5-9-25(24(22)18-29)28-15-21-10-12-27-26(14-21)31-23-11-13-30-19-23/h1-3,6-7,10,12,14,22-25,28H,4-5,8-9,11,13,15-19H2/t22-,23-,24+,25-/m0/s1. The third kappa shape index (κ3) is 5.46. The van der Waals surface area contributed by atoms with Crippen molar-refractivity contribution in [3.05, 3.63) is 59.8 Å². The van der Waals surface area contributed by atoms with Crippen LogP contribution in [0.25, 0.3) is 0 Å². The number of rotatable bonds is 7. The Morgan fingerprint density at radius 1 is 1.03 bits per heavy atom. The second-order valence-electron chi connectivity index (χ2n) is 9.48. The number of fused-ring (bicyclic) bond motifs is 1. The van der Waals surface area contributed by atoms with Crippen LogP contribution in [0, 0.1) is 11.8 Å². The molecule has 1 aromatic heterocycles. The zero-order chi connectivity index (χ0) is 20.9. The minimum absolute atomic E-state index is 0.146. The highest BCUT2D eigenvalue weighted by Gasteiger charge is 2.38. The molecule has 5 heteroatoms. The van der Waals surface area contributed by atoms with Crippen LogP contribution in [0.4, 0.5) is 0 Å². The highest BCUT2D eigenvalue weighted by atomic mass is 16.5. The molecule has 1 aliphatic carbocycles. The maximum atomic E-state index is 6.00. The third-order valence-corrected chi connectivity index (χ3v) is 7.22. The lowest BCUT2D eigenvalue weighted by molar-refractivity contribution is 0.138. The molecule has 2 aliphatic heterocycles. The molecule has 3 aliphatic rings. The van der Waals surface area contributed by atoms with Gasteiger partial charge in [0, 0.05) is 50.9 Å². The Labute approximate surface area is 186 Å². The van der Waals surface area contributed by atoms with Crippen molar-refractivity contribution in [2.45, 2.75) is 57.3 Å². The van der Waals surface area contributed by atoms with Gasteiger partial charge in [-0.05, 0) is 41.9 Å². The summed E-state index contributed by atoms with van der Waals surface area (Å²) in [6, 6.07) is 15.7. The van der Waals surface area contributed by atoms with Crippen molar-refractivity contribution in [3.63, 3.8) is 0 Å². The summed E-state index contributed by atoms with van der Waals surface area (Å²) in [6.07, 6.45) is 8.35.